The Morgan fingerprint density at radius 3 is 1.67 bits per heavy atom. The summed E-state index contributed by atoms with van der Waals surface area (Å²) < 4.78 is 0. The first-order valence-electron chi connectivity index (χ1n) is 14.8. The van der Waals surface area contributed by atoms with Gasteiger partial charge in [0.2, 0.25) is 17.7 Å². The fourth-order valence-corrected chi connectivity index (χ4v) is 4.68. The lowest BCUT2D eigenvalue weighted by Gasteiger charge is -2.25. The van der Waals surface area contributed by atoms with Crippen LogP contribution in [0.3, 0.4) is 0 Å². The Morgan fingerprint density at radius 1 is 0.652 bits per heavy atom. The number of benzene rings is 3. The average molecular weight is 632 g/mol. The molecule has 0 aliphatic heterocycles. The molecule has 0 aromatic heterocycles. The number of aromatic hydroxyl groups is 1. The molecule has 4 unspecified atom stereocenters. The number of aliphatic carboxylic acids is 1. The molecule has 3 rings (SSSR count). The number of carboxylic acids is 1. The quantitative estimate of drug-likeness (QED) is 0.0582. The van der Waals surface area contributed by atoms with E-state index in [0.717, 1.165) is 5.56 Å². The van der Waals surface area contributed by atoms with Crippen molar-refractivity contribution in [3.8, 4) is 5.75 Å². The number of carbonyl (C=O) groups excluding carboxylic acids is 3. The molecule has 0 heterocycles. The van der Waals surface area contributed by atoms with Crippen molar-refractivity contribution in [1.29, 1.82) is 0 Å². The Kier molecular flexibility index (Phi) is 13.5. The number of hydrogen-bond donors (Lipinski definition) is 8. The van der Waals surface area contributed by atoms with E-state index in [1.165, 1.54) is 12.1 Å². The summed E-state index contributed by atoms with van der Waals surface area (Å²) in [6.07, 6.45) is 0.651. The Balaban J connectivity index is 1.78. The maximum absolute atomic E-state index is 13.7. The topological polar surface area (TPSA) is 235 Å². The van der Waals surface area contributed by atoms with Crippen molar-refractivity contribution in [2.75, 3.05) is 6.54 Å². The largest absolute Gasteiger partial charge is 0.508 e. The Bertz CT molecular complexity index is 1460. The fourth-order valence-electron chi connectivity index (χ4n) is 4.68. The molecule has 3 aromatic rings. The van der Waals surface area contributed by atoms with Crippen molar-refractivity contribution < 1.29 is 29.4 Å². The first kappa shape index (κ1) is 35.1. The number of amides is 3. The molecule has 13 nitrogen and oxygen atoms in total. The average Bonchev–Trinajstić information content (AvgIpc) is 3.03. The van der Waals surface area contributed by atoms with Gasteiger partial charge in [0.05, 0.1) is 6.04 Å². The SMILES string of the molecule is NC(N)=NCCCC(NC(=O)C(Cc1ccccc1)NC(=O)C(N)Cc1ccc(O)cc1)C(=O)NC(Cc1ccccc1)C(=O)O. The molecule has 3 amide bonds. The second-order valence-corrected chi connectivity index (χ2v) is 10.8. The summed E-state index contributed by atoms with van der Waals surface area (Å²) in [5, 5.41) is 27.3. The van der Waals surface area contributed by atoms with Gasteiger partial charge in [0.1, 0.15) is 23.9 Å². The Hall–Kier alpha value is -5.43. The maximum Gasteiger partial charge on any atom is 0.326 e. The molecule has 0 radical (unpaired) electrons. The predicted molar refractivity (Wildman–Crippen MR) is 173 cm³/mol. The van der Waals surface area contributed by atoms with Crippen LogP contribution < -0.4 is 33.2 Å². The Morgan fingerprint density at radius 2 is 1.13 bits per heavy atom. The smallest absolute Gasteiger partial charge is 0.326 e. The number of phenols is 1. The zero-order valence-corrected chi connectivity index (χ0v) is 25.3. The highest BCUT2D eigenvalue weighted by Crippen LogP contribution is 2.12. The van der Waals surface area contributed by atoms with Crippen LogP contribution in [-0.2, 0) is 38.4 Å². The number of rotatable bonds is 17. The number of nitrogens with zero attached hydrogens (tertiary/aromatic N) is 1. The minimum absolute atomic E-state index is 0.0299. The molecule has 4 atom stereocenters. The van der Waals surface area contributed by atoms with Crippen molar-refractivity contribution in [3.63, 3.8) is 0 Å². The molecule has 0 saturated heterocycles. The summed E-state index contributed by atoms with van der Waals surface area (Å²) >= 11 is 0. The monoisotopic (exact) mass is 631 g/mol. The Labute approximate surface area is 267 Å². The number of hydrogen-bond acceptors (Lipinski definition) is 7. The van der Waals surface area contributed by atoms with Crippen molar-refractivity contribution in [2.24, 2.45) is 22.2 Å². The van der Waals surface area contributed by atoms with E-state index in [9.17, 15) is 29.4 Å². The van der Waals surface area contributed by atoms with E-state index in [0.29, 0.717) is 17.5 Å². The van der Waals surface area contributed by atoms with Crippen LogP contribution in [-0.4, -0.2) is 70.6 Å². The standard InChI is InChI=1S/C33H41N7O6/c34-25(18-23-13-15-24(41)16-14-23)29(42)39-27(19-21-8-3-1-4-9-21)31(44)38-26(12-7-17-37-33(35)36)30(43)40-28(32(45)46)20-22-10-5-2-6-11-22/h1-6,8-11,13-16,25-28,41H,7,12,17-20,34H2,(H,38,44)(H,39,42)(H,40,43)(H,45,46)(H4,35,36,37). The van der Waals surface area contributed by atoms with Gasteiger partial charge in [0.25, 0.3) is 0 Å². The van der Waals surface area contributed by atoms with E-state index in [2.05, 4.69) is 20.9 Å². The summed E-state index contributed by atoms with van der Waals surface area (Å²) in [6.45, 7) is 0.171. The normalized spacial score (nSPS) is 13.3. The van der Waals surface area contributed by atoms with Gasteiger partial charge in [0, 0.05) is 19.4 Å². The zero-order chi connectivity index (χ0) is 33.5. The highest BCUT2D eigenvalue weighted by atomic mass is 16.4. The van der Waals surface area contributed by atoms with E-state index in [1.807, 2.05) is 6.07 Å². The van der Waals surface area contributed by atoms with Gasteiger partial charge in [-0.25, -0.2) is 4.79 Å². The van der Waals surface area contributed by atoms with Crippen LogP contribution in [0.4, 0.5) is 0 Å². The van der Waals surface area contributed by atoms with E-state index < -0.39 is 47.9 Å². The van der Waals surface area contributed by atoms with Gasteiger partial charge < -0.3 is 43.4 Å². The third kappa shape index (κ3) is 11.9. The zero-order valence-electron chi connectivity index (χ0n) is 25.3. The molecule has 0 fully saturated rings. The summed E-state index contributed by atoms with van der Waals surface area (Å²) in [7, 11) is 0. The molecular weight excluding hydrogens is 590 g/mol. The van der Waals surface area contributed by atoms with Gasteiger partial charge in [0.15, 0.2) is 5.96 Å². The number of phenolic OH excluding ortho intramolecular Hbond substituents is 1. The van der Waals surface area contributed by atoms with Gasteiger partial charge in [-0.15, -0.1) is 0 Å². The third-order valence-electron chi connectivity index (χ3n) is 7.12. The van der Waals surface area contributed by atoms with Gasteiger partial charge >= 0.3 is 5.97 Å². The number of aliphatic imine (C=N–C) groups is 1. The molecule has 0 aliphatic carbocycles. The minimum Gasteiger partial charge on any atom is -0.508 e. The lowest BCUT2D eigenvalue weighted by molar-refractivity contribution is -0.142. The lowest BCUT2D eigenvalue weighted by Crippen LogP contribution is -2.58. The van der Waals surface area contributed by atoms with Crippen molar-refractivity contribution >= 4 is 29.7 Å². The molecule has 0 bridgehead atoms. The second kappa shape index (κ2) is 17.8. The van der Waals surface area contributed by atoms with E-state index >= 15 is 0 Å². The minimum atomic E-state index is -1.26. The lowest BCUT2D eigenvalue weighted by atomic mass is 10.0. The van der Waals surface area contributed by atoms with Gasteiger partial charge in [-0.1, -0.05) is 72.8 Å². The van der Waals surface area contributed by atoms with Crippen LogP contribution in [0, 0.1) is 0 Å². The van der Waals surface area contributed by atoms with Crippen LogP contribution in [0.5, 0.6) is 5.75 Å². The van der Waals surface area contributed by atoms with Crippen LogP contribution >= 0.6 is 0 Å². The van der Waals surface area contributed by atoms with Crippen LogP contribution in [0.2, 0.25) is 0 Å². The first-order valence-corrected chi connectivity index (χ1v) is 14.8. The van der Waals surface area contributed by atoms with Crippen LogP contribution in [0.1, 0.15) is 29.5 Å². The highest BCUT2D eigenvalue weighted by Gasteiger charge is 2.30. The fraction of sp³-hybridized carbons (Fsp3) is 0.303. The van der Waals surface area contributed by atoms with Crippen molar-refractivity contribution in [3.05, 3.63) is 102 Å². The maximum atomic E-state index is 13.7. The van der Waals surface area contributed by atoms with Crippen LogP contribution in [0.15, 0.2) is 89.9 Å². The van der Waals surface area contributed by atoms with Crippen molar-refractivity contribution in [2.45, 2.75) is 56.3 Å². The number of nitrogens with one attached hydrogen (secondary N) is 3. The van der Waals surface area contributed by atoms with Gasteiger partial charge in [-0.2, -0.15) is 0 Å². The summed E-state index contributed by atoms with van der Waals surface area (Å²) in [6, 6.07) is 19.5. The van der Waals surface area contributed by atoms with Crippen LogP contribution in [0.25, 0.3) is 0 Å². The van der Waals surface area contributed by atoms with E-state index in [1.54, 1.807) is 66.7 Å². The molecule has 0 aliphatic rings. The molecular formula is C33H41N7O6. The summed E-state index contributed by atoms with van der Waals surface area (Å²) in [5.41, 5.74) is 19.2. The number of guanidine groups is 1. The molecule has 13 heteroatoms. The first-order chi connectivity index (χ1) is 22.0. The predicted octanol–water partition coefficient (Wildman–Crippen LogP) is 0.340. The molecule has 3 aromatic carbocycles. The molecule has 244 valence electrons. The van der Waals surface area contributed by atoms with E-state index in [4.69, 9.17) is 17.2 Å². The molecule has 11 N–H and O–H groups in total. The summed E-state index contributed by atoms with van der Waals surface area (Å²) in [4.78, 5) is 56.3. The molecule has 0 saturated carbocycles. The van der Waals surface area contributed by atoms with Crippen molar-refractivity contribution in [1.82, 2.24) is 16.0 Å². The third-order valence-corrected chi connectivity index (χ3v) is 7.12. The number of carbonyl (C=O) groups is 4. The molecule has 0 spiro atoms. The summed E-state index contributed by atoms with van der Waals surface area (Å²) in [5.74, 6) is -3.26. The number of nitrogens with two attached hydrogens (primary N) is 3. The molecule has 46 heavy (non-hydrogen) atoms. The highest BCUT2D eigenvalue weighted by molar-refractivity contribution is 5.94. The second-order valence-electron chi connectivity index (χ2n) is 10.8. The van der Waals surface area contributed by atoms with Gasteiger partial charge in [-0.05, 0) is 48.1 Å². The number of carboxylic acid groups (broad SMARTS) is 1. The van der Waals surface area contributed by atoms with Gasteiger partial charge in [-0.3, -0.25) is 19.4 Å². The van der Waals surface area contributed by atoms with E-state index in [-0.39, 0.29) is 43.9 Å².